The first-order chi connectivity index (χ1) is 7.18. The fourth-order valence-corrected chi connectivity index (χ4v) is 1.75. The van der Waals surface area contributed by atoms with E-state index in [9.17, 15) is 4.79 Å². The molecule has 15 heavy (non-hydrogen) atoms. The number of hydrogen-bond donors (Lipinski definition) is 1. The van der Waals surface area contributed by atoms with E-state index in [4.69, 9.17) is 0 Å². The van der Waals surface area contributed by atoms with Crippen molar-refractivity contribution in [2.45, 2.75) is 33.6 Å². The second-order valence-corrected chi connectivity index (χ2v) is 3.70. The number of fused-ring (bicyclic) bond motifs is 1. The zero-order valence-corrected chi connectivity index (χ0v) is 9.92. The maximum absolute atomic E-state index is 11.5. The predicted molar refractivity (Wildman–Crippen MR) is 63.3 cm³/mol. The molecule has 82 valence electrons. The van der Waals surface area contributed by atoms with Gasteiger partial charge in [-0.25, -0.2) is 0 Å². The summed E-state index contributed by atoms with van der Waals surface area (Å²) in [6.07, 6.45) is 0. The van der Waals surface area contributed by atoms with Crippen molar-refractivity contribution in [2.24, 2.45) is 0 Å². The van der Waals surface area contributed by atoms with Crippen molar-refractivity contribution >= 4 is 5.91 Å². The monoisotopic (exact) mass is 205 g/mol. The van der Waals surface area contributed by atoms with Gasteiger partial charge in [0.1, 0.15) is 0 Å². The molecule has 2 rings (SSSR count). The van der Waals surface area contributed by atoms with E-state index in [-0.39, 0.29) is 5.91 Å². The lowest BCUT2D eigenvalue weighted by Gasteiger charge is -2.22. The summed E-state index contributed by atoms with van der Waals surface area (Å²) in [5.41, 5.74) is 3.16. The summed E-state index contributed by atoms with van der Waals surface area (Å²) in [6, 6.07) is 6.09. The predicted octanol–water partition coefficient (Wildman–Crippen LogP) is 2.87. The highest BCUT2D eigenvalue weighted by Gasteiger charge is 2.21. The van der Waals surface area contributed by atoms with Crippen molar-refractivity contribution < 1.29 is 4.79 Å². The second kappa shape index (κ2) is 4.96. The van der Waals surface area contributed by atoms with E-state index in [1.54, 1.807) is 0 Å². The van der Waals surface area contributed by atoms with Crippen LogP contribution in [0.15, 0.2) is 18.2 Å². The molecule has 1 unspecified atom stereocenters. The van der Waals surface area contributed by atoms with Crippen LogP contribution in [0.25, 0.3) is 0 Å². The number of nitrogens with one attached hydrogen (secondary N) is 1. The number of aryl methyl sites for hydroxylation is 1. The molecule has 0 radical (unpaired) electrons. The molecule has 1 heterocycles. The van der Waals surface area contributed by atoms with Crippen molar-refractivity contribution in [3.63, 3.8) is 0 Å². The Labute approximate surface area is 91.7 Å². The van der Waals surface area contributed by atoms with Gasteiger partial charge in [0.2, 0.25) is 0 Å². The Hall–Kier alpha value is -1.31. The molecule has 0 saturated carbocycles. The molecular weight excluding hydrogens is 186 g/mol. The van der Waals surface area contributed by atoms with Gasteiger partial charge in [-0.1, -0.05) is 38.5 Å². The van der Waals surface area contributed by atoms with Gasteiger partial charge in [-0.15, -0.1) is 0 Å². The summed E-state index contributed by atoms with van der Waals surface area (Å²) < 4.78 is 0. The van der Waals surface area contributed by atoms with Crippen molar-refractivity contribution in [1.29, 1.82) is 0 Å². The van der Waals surface area contributed by atoms with E-state index in [0.717, 1.165) is 17.7 Å². The van der Waals surface area contributed by atoms with Crippen molar-refractivity contribution in [3.05, 3.63) is 34.9 Å². The molecule has 1 aromatic rings. The number of amides is 1. The summed E-state index contributed by atoms with van der Waals surface area (Å²) in [4.78, 5) is 11.5. The van der Waals surface area contributed by atoms with Crippen LogP contribution in [0.4, 0.5) is 0 Å². The van der Waals surface area contributed by atoms with E-state index in [1.165, 1.54) is 5.56 Å². The van der Waals surface area contributed by atoms with Crippen molar-refractivity contribution in [1.82, 2.24) is 5.32 Å². The maximum Gasteiger partial charge on any atom is 0.251 e. The standard InChI is InChI=1S/C11H13NO.C2H6/c1-7-3-4-9-8(2)6-12-11(13)10(9)5-7;1-2/h3-5,8H,6H2,1-2H3,(H,12,13);1-2H3. The van der Waals surface area contributed by atoms with Crippen LogP contribution in [0.3, 0.4) is 0 Å². The van der Waals surface area contributed by atoms with Crippen LogP contribution in [0.5, 0.6) is 0 Å². The molecule has 0 spiro atoms. The molecule has 1 aromatic carbocycles. The van der Waals surface area contributed by atoms with Gasteiger partial charge in [0.25, 0.3) is 5.91 Å². The first kappa shape index (κ1) is 11.8. The molecule has 1 aliphatic rings. The minimum atomic E-state index is 0.0665. The average Bonchev–Trinajstić information content (AvgIpc) is 2.27. The highest BCUT2D eigenvalue weighted by Crippen LogP contribution is 2.23. The molecule has 2 heteroatoms. The van der Waals surface area contributed by atoms with Gasteiger partial charge in [0.05, 0.1) is 0 Å². The zero-order chi connectivity index (χ0) is 11.4. The summed E-state index contributed by atoms with van der Waals surface area (Å²) in [5.74, 6) is 0.505. The van der Waals surface area contributed by atoms with Crippen LogP contribution in [-0.4, -0.2) is 12.5 Å². The van der Waals surface area contributed by atoms with Crippen LogP contribution in [0, 0.1) is 6.92 Å². The number of carbonyl (C=O) groups is 1. The zero-order valence-electron chi connectivity index (χ0n) is 9.92. The first-order valence-corrected chi connectivity index (χ1v) is 5.57. The van der Waals surface area contributed by atoms with E-state index >= 15 is 0 Å². The molecule has 0 saturated heterocycles. The molecule has 1 N–H and O–H groups in total. The molecule has 1 atom stereocenters. The summed E-state index contributed by atoms with van der Waals surface area (Å²) >= 11 is 0. The second-order valence-electron chi connectivity index (χ2n) is 3.70. The molecule has 1 amide bonds. The fourth-order valence-electron chi connectivity index (χ4n) is 1.75. The number of hydrogen-bond acceptors (Lipinski definition) is 1. The highest BCUT2D eigenvalue weighted by atomic mass is 16.1. The summed E-state index contributed by atoms with van der Waals surface area (Å²) in [5, 5.41) is 2.88. The molecule has 0 fully saturated rings. The fraction of sp³-hybridized carbons (Fsp3) is 0.462. The van der Waals surface area contributed by atoms with E-state index in [0.29, 0.717) is 5.92 Å². The van der Waals surface area contributed by atoms with Crippen LogP contribution >= 0.6 is 0 Å². The highest BCUT2D eigenvalue weighted by molar-refractivity contribution is 5.97. The van der Waals surface area contributed by atoms with Gasteiger partial charge < -0.3 is 5.32 Å². The third-order valence-corrected chi connectivity index (χ3v) is 2.55. The Balaban J connectivity index is 0.000000531. The van der Waals surface area contributed by atoms with Crippen LogP contribution < -0.4 is 5.32 Å². The van der Waals surface area contributed by atoms with Gasteiger partial charge in [-0.3, -0.25) is 4.79 Å². The lowest BCUT2D eigenvalue weighted by atomic mass is 9.91. The Kier molecular flexibility index (Phi) is 3.89. The van der Waals surface area contributed by atoms with E-state index in [2.05, 4.69) is 24.4 Å². The van der Waals surface area contributed by atoms with E-state index in [1.807, 2.05) is 26.8 Å². The lowest BCUT2D eigenvalue weighted by molar-refractivity contribution is 0.0941. The van der Waals surface area contributed by atoms with Crippen molar-refractivity contribution in [3.8, 4) is 0 Å². The molecular formula is C13H19NO. The Bertz CT molecular complexity index is 358. The maximum atomic E-state index is 11.5. The first-order valence-electron chi connectivity index (χ1n) is 5.57. The van der Waals surface area contributed by atoms with Gasteiger partial charge in [-0.2, -0.15) is 0 Å². The quantitative estimate of drug-likeness (QED) is 0.693. The molecule has 0 aromatic heterocycles. The van der Waals surface area contributed by atoms with E-state index < -0.39 is 0 Å². The molecule has 0 aliphatic carbocycles. The normalized spacial score (nSPS) is 18.4. The smallest absolute Gasteiger partial charge is 0.251 e. The van der Waals surface area contributed by atoms with Gasteiger partial charge in [0, 0.05) is 12.1 Å². The van der Waals surface area contributed by atoms with Gasteiger partial charge >= 0.3 is 0 Å². The van der Waals surface area contributed by atoms with Crippen LogP contribution in [0.2, 0.25) is 0 Å². The summed E-state index contributed by atoms with van der Waals surface area (Å²) in [7, 11) is 0. The number of benzene rings is 1. The third-order valence-electron chi connectivity index (χ3n) is 2.55. The molecule has 1 aliphatic heterocycles. The Morgan fingerprint density at radius 2 is 2.00 bits per heavy atom. The lowest BCUT2D eigenvalue weighted by Crippen LogP contribution is -2.33. The SMILES string of the molecule is CC.Cc1ccc2c(c1)C(=O)NCC2C. The summed E-state index contributed by atoms with van der Waals surface area (Å²) in [6.45, 7) is 8.90. The Morgan fingerprint density at radius 3 is 2.67 bits per heavy atom. The van der Waals surface area contributed by atoms with Gasteiger partial charge in [0.15, 0.2) is 0 Å². The largest absolute Gasteiger partial charge is 0.351 e. The van der Waals surface area contributed by atoms with Crippen LogP contribution in [-0.2, 0) is 0 Å². The van der Waals surface area contributed by atoms with Gasteiger partial charge in [-0.05, 0) is 24.5 Å². The molecule has 2 nitrogen and oxygen atoms in total. The number of carbonyl (C=O) groups excluding carboxylic acids is 1. The third kappa shape index (κ3) is 2.38. The Morgan fingerprint density at radius 1 is 1.33 bits per heavy atom. The van der Waals surface area contributed by atoms with Crippen molar-refractivity contribution in [2.75, 3.05) is 6.54 Å². The molecule has 0 bridgehead atoms. The minimum absolute atomic E-state index is 0.0665. The van der Waals surface area contributed by atoms with Crippen LogP contribution in [0.1, 0.15) is 48.2 Å². The topological polar surface area (TPSA) is 29.1 Å². The number of rotatable bonds is 0. The average molecular weight is 205 g/mol. The minimum Gasteiger partial charge on any atom is -0.351 e.